The Morgan fingerprint density at radius 3 is 1.58 bits per heavy atom. The third kappa shape index (κ3) is 11.0. The van der Waals surface area contributed by atoms with Crippen molar-refractivity contribution < 1.29 is 24.0 Å². The molecule has 0 aromatic rings. The molecular weight excluding hydrogens is 426 g/mol. The highest BCUT2D eigenvalue weighted by Gasteiger charge is 2.26. The van der Waals surface area contributed by atoms with Crippen LogP contribution in [0.3, 0.4) is 0 Å². The Morgan fingerprint density at radius 2 is 1.19 bits per heavy atom. The van der Waals surface area contributed by atoms with E-state index in [0.29, 0.717) is 19.4 Å². The van der Waals surface area contributed by atoms with Crippen molar-refractivity contribution in [1.82, 2.24) is 21.3 Å². The second kappa shape index (κ2) is 14.6. The van der Waals surface area contributed by atoms with Gasteiger partial charge in [0.1, 0.15) is 24.2 Å². The fourth-order valence-electron chi connectivity index (χ4n) is 2.34. The van der Waals surface area contributed by atoms with Gasteiger partial charge in [0.25, 0.3) is 0 Å². The van der Waals surface area contributed by atoms with Crippen LogP contribution in [0.5, 0.6) is 0 Å². The second-order valence-corrected chi connectivity index (χ2v) is 7.59. The van der Waals surface area contributed by atoms with Crippen molar-refractivity contribution in [3.63, 3.8) is 0 Å². The summed E-state index contributed by atoms with van der Waals surface area (Å²) < 4.78 is 0. The Balaban J connectivity index is 4.57. The Labute approximate surface area is 187 Å². The minimum absolute atomic E-state index is 0.00842. The van der Waals surface area contributed by atoms with Crippen molar-refractivity contribution >= 4 is 42.2 Å². The van der Waals surface area contributed by atoms with Crippen LogP contribution in [-0.2, 0) is 24.0 Å². The number of primary amides is 1. The van der Waals surface area contributed by atoms with Gasteiger partial charge in [0.15, 0.2) is 0 Å². The molecule has 0 fully saturated rings. The molecule has 5 atom stereocenters. The van der Waals surface area contributed by atoms with E-state index in [-0.39, 0.29) is 5.75 Å². The Hall–Kier alpha value is -2.38. The molecule has 12 nitrogen and oxygen atoms in total. The molecule has 0 aromatic carbocycles. The molecule has 31 heavy (non-hydrogen) atoms. The van der Waals surface area contributed by atoms with E-state index in [2.05, 4.69) is 33.9 Å². The normalized spacial score (nSPS) is 15.5. The van der Waals surface area contributed by atoms with Gasteiger partial charge in [0.05, 0.1) is 6.04 Å². The monoisotopic (exact) mass is 461 g/mol. The van der Waals surface area contributed by atoms with Crippen LogP contribution in [0, 0.1) is 0 Å². The minimum atomic E-state index is -0.989. The van der Waals surface area contributed by atoms with Gasteiger partial charge in [-0.1, -0.05) is 6.42 Å². The van der Waals surface area contributed by atoms with Gasteiger partial charge in [0, 0.05) is 5.75 Å². The number of carbonyl (C=O) groups is 5. The van der Waals surface area contributed by atoms with E-state index in [4.69, 9.17) is 17.2 Å². The van der Waals surface area contributed by atoms with Crippen molar-refractivity contribution in [3.8, 4) is 0 Å². The standard InChI is InChI=1S/C18H35N7O5S/c1-9(15(27)23-11(3)17(29)25-13(8-31)14(21)26)22-16(28)10(2)24-18(30)12(20)6-4-5-7-19/h9-13,31H,4-8,19-20H2,1-3H3,(H2,21,26)(H,22,28)(H,23,27)(H,24,30)(H,25,29)/t9-,10-,11-,12-,13-/m0/s1. The first-order valence-electron chi connectivity index (χ1n) is 10.0. The van der Waals surface area contributed by atoms with Crippen LogP contribution < -0.4 is 38.5 Å². The summed E-state index contributed by atoms with van der Waals surface area (Å²) in [5, 5.41) is 9.72. The summed E-state index contributed by atoms with van der Waals surface area (Å²) in [5.41, 5.74) is 16.3. The van der Waals surface area contributed by atoms with E-state index in [9.17, 15) is 24.0 Å². The van der Waals surface area contributed by atoms with Gasteiger partial charge in [-0.2, -0.15) is 12.6 Å². The maximum atomic E-state index is 12.3. The van der Waals surface area contributed by atoms with E-state index in [0.717, 1.165) is 6.42 Å². The topological polar surface area (TPSA) is 212 Å². The van der Waals surface area contributed by atoms with Crippen LogP contribution in [-0.4, -0.2) is 72.0 Å². The summed E-state index contributed by atoms with van der Waals surface area (Å²) in [6, 6.07) is -4.63. The fourth-order valence-corrected chi connectivity index (χ4v) is 2.61. The highest BCUT2D eigenvalue weighted by atomic mass is 32.1. The average molecular weight is 462 g/mol. The molecule has 178 valence electrons. The maximum absolute atomic E-state index is 12.3. The second-order valence-electron chi connectivity index (χ2n) is 7.23. The molecular formula is C18H35N7O5S. The fraction of sp³-hybridized carbons (Fsp3) is 0.722. The number of unbranched alkanes of at least 4 members (excludes halogenated alkanes) is 1. The van der Waals surface area contributed by atoms with E-state index < -0.39 is 59.7 Å². The van der Waals surface area contributed by atoms with Crippen LogP contribution in [0.2, 0.25) is 0 Å². The predicted molar refractivity (Wildman–Crippen MR) is 119 cm³/mol. The van der Waals surface area contributed by atoms with Gasteiger partial charge in [-0.05, 0) is 40.2 Å². The van der Waals surface area contributed by atoms with E-state index in [1.807, 2.05) is 0 Å². The average Bonchev–Trinajstić information content (AvgIpc) is 2.70. The molecule has 0 aliphatic carbocycles. The summed E-state index contributed by atoms with van der Waals surface area (Å²) in [6.07, 6.45) is 1.89. The van der Waals surface area contributed by atoms with Crippen LogP contribution >= 0.6 is 12.6 Å². The summed E-state index contributed by atoms with van der Waals surface area (Å²) in [4.78, 5) is 59.8. The van der Waals surface area contributed by atoms with Gasteiger partial charge < -0.3 is 38.5 Å². The van der Waals surface area contributed by atoms with Crippen LogP contribution in [0.1, 0.15) is 40.0 Å². The number of hydrogen-bond donors (Lipinski definition) is 8. The number of nitrogens with two attached hydrogens (primary N) is 3. The van der Waals surface area contributed by atoms with Gasteiger partial charge in [-0.3, -0.25) is 24.0 Å². The van der Waals surface area contributed by atoms with Crippen molar-refractivity contribution in [2.75, 3.05) is 12.3 Å². The lowest BCUT2D eigenvalue weighted by molar-refractivity contribution is -0.133. The first-order chi connectivity index (χ1) is 14.4. The Morgan fingerprint density at radius 1 is 0.774 bits per heavy atom. The lowest BCUT2D eigenvalue weighted by Gasteiger charge is -2.22. The molecule has 0 bridgehead atoms. The zero-order valence-electron chi connectivity index (χ0n) is 18.1. The maximum Gasteiger partial charge on any atom is 0.242 e. The van der Waals surface area contributed by atoms with Crippen LogP contribution in [0.4, 0.5) is 0 Å². The molecule has 0 aromatic heterocycles. The summed E-state index contributed by atoms with van der Waals surface area (Å²) >= 11 is 3.92. The third-order valence-corrected chi connectivity index (χ3v) is 4.77. The minimum Gasteiger partial charge on any atom is -0.368 e. The number of thiol groups is 1. The molecule has 13 heteroatoms. The quantitative estimate of drug-likeness (QED) is 0.0982. The molecule has 0 unspecified atom stereocenters. The van der Waals surface area contributed by atoms with Crippen molar-refractivity contribution in [2.45, 2.75) is 70.2 Å². The molecule has 0 aliphatic rings. The Kier molecular flexibility index (Phi) is 13.5. The predicted octanol–water partition coefficient (Wildman–Crippen LogP) is -3.14. The van der Waals surface area contributed by atoms with Gasteiger partial charge in [0.2, 0.25) is 29.5 Å². The SMILES string of the molecule is C[C@H](NC(=O)[C@H](C)NC(=O)[C@@H](N)CCCCN)C(=O)N[C@@H](C)C(=O)N[C@@H](CS)C(N)=O. The summed E-state index contributed by atoms with van der Waals surface area (Å²) in [7, 11) is 0. The lowest BCUT2D eigenvalue weighted by atomic mass is 10.1. The largest absolute Gasteiger partial charge is 0.368 e. The molecule has 0 saturated carbocycles. The number of rotatable bonds is 14. The van der Waals surface area contributed by atoms with E-state index in [1.54, 1.807) is 0 Å². The highest BCUT2D eigenvalue weighted by molar-refractivity contribution is 7.80. The van der Waals surface area contributed by atoms with Gasteiger partial charge in [-0.25, -0.2) is 0 Å². The number of hydrogen-bond acceptors (Lipinski definition) is 8. The van der Waals surface area contributed by atoms with Crippen molar-refractivity contribution in [1.29, 1.82) is 0 Å². The summed E-state index contributed by atoms with van der Waals surface area (Å²) in [6.45, 7) is 4.80. The third-order valence-electron chi connectivity index (χ3n) is 4.40. The summed E-state index contributed by atoms with van der Waals surface area (Å²) in [5.74, 6) is -3.07. The number of nitrogens with one attached hydrogen (secondary N) is 4. The molecule has 0 heterocycles. The number of amides is 5. The smallest absolute Gasteiger partial charge is 0.242 e. The van der Waals surface area contributed by atoms with E-state index >= 15 is 0 Å². The molecule has 0 saturated heterocycles. The van der Waals surface area contributed by atoms with Gasteiger partial charge in [-0.15, -0.1) is 0 Å². The molecule has 5 amide bonds. The van der Waals surface area contributed by atoms with Crippen LogP contribution in [0.25, 0.3) is 0 Å². The van der Waals surface area contributed by atoms with Crippen molar-refractivity contribution in [3.05, 3.63) is 0 Å². The molecule has 10 N–H and O–H groups in total. The number of carbonyl (C=O) groups excluding carboxylic acids is 5. The lowest BCUT2D eigenvalue weighted by Crippen LogP contribution is -2.57. The highest BCUT2D eigenvalue weighted by Crippen LogP contribution is 1.99. The Bertz CT molecular complexity index is 649. The van der Waals surface area contributed by atoms with Gasteiger partial charge >= 0.3 is 0 Å². The van der Waals surface area contributed by atoms with E-state index in [1.165, 1.54) is 20.8 Å². The van der Waals surface area contributed by atoms with Crippen molar-refractivity contribution in [2.24, 2.45) is 17.2 Å². The zero-order valence-corrected chi connectivity index (χ0v) is 19.0. The molecule has 0 radical (unpaired) electrons. The molecule has 0 rings (SSSR count). The molecule has 0 aliphatic heterocycles. The first kappa shape index (κ1) is 28.6. The first-order valence-corrected chi connectivity index (χ1v) is 10.6. The zero-order chi connectivity index (χ0) is 24.1. The van der Waals surface area contributed by atoms with Crippen LogP contribution in [0.15, 0.2) is 0 Å². The molecule has 0 spiro atoms.